The third-order valence-corrected chi connectivity index (χ3v) is 1.83. The van der Waals surface area contributed by atoms with Gasteiger partial charge in [0.15, 0.2) is 0 Å². The van der Waals surface area contributed by atoms with E-state index in [1.54, 1.807) is 0 Å². The average molecular weight is 202 g/mol. The maximum Gasteiger partial charge on any atom is 0.218 e. The third-order valence-electron chi connectivity index (χ3n) is 1.83. The summed E-state index contributed by atoms with van der Waals surface area (Å²) in [6, 6.07) is 0. The Morgan fingerprint density at radius 3 is 2.64 bits per heavy atom. The Labute approximate surface area is 86.2 Å². The van der Waals surface area contributed by atoms with Crippen LogP contribution in [0.15, 0.2) is 0 Å². The van der Waals surface area contributed by atoms with E-state index < -0.39 is 0 Å². The minimum absolute atomic E-state index is 0.253. The van der Waals surface area contributed by atoms with E-state index in [0.29, 0.717) is 13.0 Å². The van der Waals surface area contributed by atoms with Crippen molar-refractivity contribution in [2.75, 3.05) is 26.3 Å². The monoisotopic (exact) mass is 202 g/mol. The standard InChI is InChI=1S/C10H22N2O2/c1-2-3-8-14-9-4-6-12-7-5-10(11)13/h12H,2-9H2,1H3,(H2,11,13). The molecular formula is C10H22N2O2. The van der Waals surface area contributed by atoms with Gasteiger partial charge in [0.1, 0.15) is 0 Å². The average Bonchev–Trinajstić information content (AvgIpc) is 2.15. The van der Waals surface area contributed by atoms with E-state index in [1.165, 1.54) is 6.42 Å². The predicted octanol–water partition coefficient (Wildman–Crippen LogP) is 0.658. The van der Waals surface area contributed by atoms with Crippen molar-refractivity contribution >= 4 is 5.91 Å². The molecule has 3 N–H and O–H groups in total. The maximum atomic E-state index is 10.4. The third kappa shape index (κ3) is 11.4. The van der Waals surface area contributed by atoms with E-state index in [0.717, 1.165) is 32.6 Å². The second kappa shape index (κ2) is 10.5. The molecule has 0 saturated heterocycles. The van der Waals surface area contributed by atoms with E-state index >= 15 is 0 Å². The fraction of sp³-hybridized carbons (Fsp3) is 0.900. The molecule has 0 unspecified atom stereocenters. The lowest BCUT2D eigenvalue weighted by atomic mass is 10.3. The van der Waals surface area contributed by atoms with Crippen LogP contribution in [0.3, 0.4) is 0 Å². The fourth-order valence-electron chi connectivity index (χ4n) is 0.984. The zero-order valence-electron chi connectivity index (χ0n) is 9.05. The highest BCUT2D eigenvalue weighted by atomic mass is 16.5. The first-order valence-corrected chi connectivity index (χ1v) is 5.34. The second-order valence-electron chi connectivity index (χ2n) is 3.29. The molecular weight excluding hydrogens is 180 g/mol. The van der Waals surface area contributed by atoms with Crippen molar-refractivity contribution < 1.29 is 9.53 Å². The second-order valence-corrected chi connectivity index (χ2v) is 3.29. The van der Waals surface area contributed by atoms with Gasteiger partial charge in [0.25, 0.3) is 0 Å². The van der Waals surface area contributed by atoms with Crippen molar-refractivity contribution in [2.45, 2.75) is 32.6 Å². The molecule has 0 radical (unpaired) electrons. The summed E-state index contributed by atoms with van der Waals surface area (Å²) < 4.78 is 5.37. The Bertz CT molecular complexity index is 140. The van der Waals surface area contributed by atoms with Crippen molar-refractivity contribution in [3.05, 3.63) is 0 Å². The van der Waals surface area contributed by atoms with Gasteiger partial charge in [0.05, 0.1) is 0 Å². The first-order chi connectivity index (χ1) is 6.77. The summed E-state index contributed by atoms with van der Waals surface area (Å²) in [5.74, 6) is -0.253. The van der Waals surface area contributed by atoms with E-state index in [4.69, 9.17) is 10.5 Å². The molecule has 0 saturated carbocycles. The summed E-state index contributed by atoms with van der Waals surface area (Å²) >= 11 is 0. The minimum Gasteiger partial charge on any atom is -0.381 e. The van der Waals surface area contributed by atoms with Crippen LogP contribution in [0.25, 0.3) is 0 Å². The number of unbranched alkanes of at least 4 members (excludes halogenated alkanes) is 1. The molecule has 14 heavy (non-hydrogen) atoms. The number of hydrogen-bond donors (Lipinski definition) is 2. The molecule has 0 atom stereocenters. The van der Waals surface area contributed by atoms with Crippen LogP contribution in [0.5, 0.6) is 0 Å². The van der Waals surface area contributed by atoms with E-state index in [9.17, 15) is 4.79 Å². The van der Waals surface area contributed by atoms with Crippen LogP contribution in [0.4, 0.5) is 0 Å². The normalized spacial score (nSPS) is 10.4. The molecule has 0 aromatic heterocycles. The molecule has 4 heteroatoms. The molecule has 4 nitrogen and oxygen atoms in total. The number of rotatable bonds is 10. The molecule has 0 heterocycles. The van der Waals surface area contributed by atoms with E-state index in [1.807, 2.05) is 0 Å². The van der Waals surface area contributed by atoms with Gasteiger partial charge in [-0.15, -0.1) is 0 Å². The number of amides is 1. The number of ether oxygens (including phenoxy) is 1. The Kier molecular flexibility index (Phi) is 10.0. The summed E-state index contributed by atoms with van der Waals surface area (Å²) in [4.78, 5) is 10.4. The van der Waals surface area contributed by atoms with Crippen LogP contribution in [-0.2, 0) is 9.53 Å². The van der Waals surface area contributed by atoms with Crippen LogP contribution >= 0.6 is 0 Å². The van der Waals surface area contributed by atoms with Crippen LogP contribution in [0, 0.1) is 0 Å². The van der Waals surface area contributed by atoms with Gasteiger partial charge in [-0.3, -0.25) is 4.79 Å². The van der Waals surface area contributed by atoms with E-state index in [-0.39, 0.29) is 5.91 Å². The summed E-state index contributed by atoms with van der Waals surface area (Å²) in [7, 11) is 0. The number of nitrogens with one attached hydrogen (secondary N) is 1. The molecule has 1 amide bonds. The van der Waals surface area contributed by atoms with Gasteiger partial charge < -0.3 is 15.8 Å². The topological polar surface area (TPSA) is 64.3 Å². The van der Waals surface area contributed by atoms with Crippen molar-refractivity contribution in [1.29, 1.82) is 0 Å². The molecule has 0 bridgehead atoms. The smallest absolute Gasteiger partial charge is 0.218 e. The first kappa shape index (κ1) is 13.4. The van der Waals surface area contributed by atoms with Crippen LogP contribution in [0.2, 0.25) is 0 Å². The van der Waals surface area contributed by atoms with Crippen LogP contribution in [0.1, 0.15) is 32.6 Å². The minimum atomic E-state index is -0.253. The molecule has 0 fully saturated rings. The Morgan fingerprint density at radius 1 is 1.29 bits per heavy atom. The molecule has 84 valence electrons. The van der Waals surface area contributed by atoms with Gasteiger partial charge in [-0.1, -0.05) is 13.3 Å². The lowest BCUT2D eigenvalue weighted by Crippen LogP contribution is -2.23. The van der Waals surface area contributed by atoms with E-state index in [2.05, 4.69) is 12.2 Å². The zero-order chi connectivity index (χ0) is 10.6. The molecule has 0 aliphatic carbocycles. The fourth-order valence-corrected chi connectivity index (χ4v) is 0.984. The van der Waals surface area contributed by atoms with Gasteiger partial charge in [0.2, 0.25) is 5.91 Å². The molecule has 0 spiro atoms. The van der Waals surface area contributed by atoms with Gasteiger partial charge in [-0.05, 0) is 19.4 Å². The summed E-state index contributed by atoms with van der Waals surface area (Å²) in [5.41, 5.74) is 4.98. The van der Waals surface area contributed by atoms with Gasteiger partial charge in [-0.2, -0.15) is 0 Å². The van der Waals surface area contributed by atoms with Crippen LogP contribution < -0.4 is 11.1 Å². The van der Waals surface area contributed by atoms with Gasteiger partial charge in [0, 0.05) is 26.2 Å². The summed E-state index contributed by atoms with van der Waals surface area (Å²) in [6.45, 7) is 5.36. The highest BCUT2D eigenvalue weighted by molar-refractivity contribution is 5.73. The predicted molar refractivity (Wildman–Crippen MR) is 57.0 cm³/mol. The highest BCUT2D eigenvalue weighted by Crippen LogP contribution is 1.88. The molecule has 0 aliphatic rings. The molecule has 0 aromatic rings. The Balaban J connectivity index is 2.88. The number of carbonyl (C=O) groups is 1. The number of carbonyl (C=O) groups excluding carboxylic acids is 1. The summed E-state index contributed by atoms with van der Waals surface area (Å²) in [6.07, 6.45) is 3.71. The maximum absolute atomic E-state index is 10.4. The largest absolute Gasteiger partial charge is 0.381 e. The zero-order valence-corrected chi connectivity index (χ0v) is 9.05. The van der Waals surface area contributed by atoms with Gasteiger partial charge in [-0.25, -0.2) is 0 Å². The van der Waals surface area contributed by atoms with Crippen LogP contribution in [-0.4, -0.2) is 32.2 Å². The van der Waals surface area contributed by atoms with Crippen molar-refractivity contribution in [1.82, 2.24) is 5.32 Å². The van der Waals surface area contributed by atoms with Crippen molar-refractivity contribution in [3.8, 4) is 0 Å². The Morgan fingerprint density at radius 2 is 2.00 bits per heavy atom. The lowest BCUT2D eigenvalue weighted by Gasteiger charge is -2.04. The van der Waals surface area contributed by atoms with Crippen molar-refractivity contribution in [3.63, 3.8) is 0 Å². The number of nitrogens with two attached hydrogens (primary N) is 1. The SMILES string of the molecule is CCCCOCCCNCCC(N)=O. The summed E-state index contributed by atoms with van der Waals surface area (Å²) in [5, 5.41) is 3.13. The van der Waals surface area contributed by atoms with Crippen molar-refractivity contribution in [2.24, 2.45) is 5.73 Å². The number of hydrogen-bond acceptors (Lipinski definition) is 3. The quantitative estimate of drug-likeness (QED) is 0.511. The van der Waals surface area contributed by atoms with Gasteiger partial charge >= 0.3 is 0 Å². The lowest BCUT2D eigenvalue weighted by molar-refractivity contribution is -0.117. The molecule has 0 aliphatic heterocycles. The number of primary amides is 1. The first-order valence-electron chi connectivity index (χ1n) is 5.34. The molecule has 0 rings (SSSR count). The molecule has 0 aromatic carbocycles. The Hall–Kier alpha value is -0.610. The highest BCUT2D eigenvalue weighted by Gasteiger charge is 1.93.